The molecule has 0 radical (unpaired) electrons. The van der Waals surface area contributed by atoms with Gasteiger partial charge in [-0.15, -0.1) is 11.8 Å². The molecule has 1 amide bonds. The molecule has 0 unspecified atom stereocenters. The van der Waals surface area contributed by atoms with Gasteiger partial charge in [0.25, 0.3) is 0 Å². The van der Waals surface area contributed by atoms with Gasteiger partial charge in [0.15, 0.2) is 0 Å². The number of phenolic OH excluding ortho intramolecular Hbond substituents is 1. The summed E-state index contributed by atoms with van der Waals surface area (Å²) in [6.07, 6.45) is 1.19. The summed E-state index contributed by atoms with van der Waals surface area (Å²) in [6, 6.07) is 6.68. The molecule has 8 heteroatoms. The number of phenols is 1. The van der Waals surface area contributed by atoms with Gasteiger partial charge < -0.3 is 10.0 Å². The minimum atomic E-state index is -3.17. The van der Waals surface area contributed by atoms with Crippen LogP contribution in [0.5, 0.6) is 5.75 Å². The minimum absolute atomic E-state index is 0.00114. The molecule has 0 spiro atoms. The van der Waals surface area contributed by atoms with Gasteiger partial charge in [-0.2, -0.15) is 4.31 Å². The minimum Gasteiger partial charge on any atom is -0.508 e. The van der Waals surface area contributed by atoms with Crippen LogP contribution in [0.1, 0.15) is 0 Å². The number of hydrogen-bond donors (Lipinski definition) is 1. The average Bonchev–Trinajstić information content (AvgIpc) is 2.45. The number of rotatable bonds is 4. The van der Waals surface area contributed by atoms with E-state index in [9.17, 15) is 18.3 Å². The lowest BCUT2D eigenvalue weighted by Crippen LogP contribution is -2.50. The summed E-state index contributed by atoms with van der Waals surface area (Å²) in [4.78, 5) is 14.7. The first kappa shape index (κ1) is 16.1. The molecule has 1 saturated heterocycles. The van der Waals surface area contributed by atoms with Gasteiger partial charge in [0.1, 0.15) is 5.75 Å². The number of carbonyl (C=O) groups is 1. The SMILES string of the molecule is CS(=O)(=O)N1CCN(C(=O)CSc2ccc(O)cc2)CC1. The van der Waals surface area contributed by atoms with Crippen molar-refractivity contribution in [1.29, 1.82) is 0 Å². The third-order valence-electron chi connectivity index (χ3n) is 3.26. The Morgan fingerprint density at radius 2 is 1.76 bits per heavy atom. The Bertz CT molecular complexity index is 593. The average molecular weight is 330 g/mol. The lowest BCUT2D eigenvalue weighted by molar-refractivity contribution is -0.129. The number of sulfonamides is 1. The lowest BCUT2D eigenvalue weighted by Gasteiger charge is -2.33. The molecule has 0 saturated carbocycles. The van der Waals surface area contributed by atoms with Crippen molar-refractivity contribution in [1.82, 2.24) is 9.21 Å². The second kappa shape index (κ2) is 6.67. The number of benzene rings is 1. The Hall–Kier alpha value is -1.25. The van der Waals surface area contributed by atoms with Crippen LogP contribution in [-0.2, 0) is 14.8 Å². The first-order valence-corrected chi connectivity index (χ1v) is 9.34. The molecule has 1 N–H and O–H groups in total. The number of carbonyl (C=O) groups excluding carboxylic acids is 1. The molecule has 6 nitrogen and oxygen atoms in total. The monoisotopic (exact) mass is 330 g/mol. The Labute approximate surface area is 128 Å². The number of piperazine rings is 1. The summed E-state index contributed by atoms with van der Waals surface area (Å²) in [6.45, 7) is 1.58. The van der Waals surface area contributed by atoms with Crippen LogP contribution in [-0.4, -0.2) is 66.8 Å². The van der Waals surface area contributed by atoms with Crippen molar-refractivity contribution in [2.24, 2.45) is 0 Å². The van der Waals surface area contributed by atoms with Gasteiger partial charge in [-0.1, -0.05) is 0 Å². The lowest BCUT2D eigenvalue weighted by atomic mass is 10.3. The fourth-order valence-corrected chi connectivity index (χ4v) is 3.68. The topological polar surface area (TPSA) is 77.9 Å². The Morgan fingerprint density at radius 1 is 1.19 bits per heavy atom. The quantitative estimate of drug-likeness (QED) is 0.818. The van der Waals surface area contributed by atoms with Crippen molar-refractivity contribution in [3.8, 4) is 5.75 Å². The molecule has 1 aliphatic rings. The predicted molar refractivity (Wildman–Crippen MR) is 81.8 cm³/mol. The number of amides is 1. The van der Waals surface area contributed by atoms with Crippen LogP contribution in [0.2, 0.25) is 0 Å². The molecule has 0 atom stereocenters. The Morgan fingerprint density at radius 3 is 2.29 bits per heavy atom. The van der Waals surface area contributed by atoms with Gasteiger partial charge in [-0.05, 0) is 24.3 Å². The summed E-state index contributed by atoms with van der Waals surface area (Å²) < 4.78 is 24.2. The molecular weight excluding hydrogens is 312 g/mol. The van der Waals surface area contributed by atoms with E-state index in [0.29, 0.717) is 31.9 Å². The zero-order valence-corrected chi connectivity index (χ0v) is 13.4. The molecular formula is C13H18N2O4S2. The van der Waals surface area contributed by atoms with Gasteiger partial charge in [-0.25, -0.2) is 8.42 Å². The van der Waals surface area contributed by atoms with Crippen molar-refractivity contribution in [3.05, 3.63) is 24.3 Å². The highest BCUT2D eigenvalue weighted by Gasteiger charge is 2.25. The smallest absolute Gasteiger partial charge is 0.233 e. The Balaban J connectivity index is 1.81. The largest absolute Gasteiger partial charge is 0.508 e. The van der Waals surface area contributed by atoms with E-state index in [1.54, 1.807) is 29.2 Å². The molecule has 0 bridgehead atoms. The van der Waals surface area contributed by atoms with E-state index < -0.39 is 10.0 Å². The van der Waals surface area contributed by atoms with Crippen LogP contribution in [0.3, 0.4) is 0 Å². The first-order chi connectivity index (χ1) is 9.86. The molecule has 116 valence electrons. The molecule has 0 aromatic heterocycles. The van der Waals surface area contributed by atoms with E-state index in [4.69, 9.17) is 0 Å². The highest BCUT2D eigenvalue weighted by molar-refractivity contribution is 8.00. The van der Waals surface area contributed by atoms with Crippen molar-refractivity contribution in [3.63, 3.8) is 0 Å². The molecule has 1 aliphatic heterocycles. The molecule has 1 aromatic rings. The van der Waals surface area contributed by atoms with E-state index in [1.807, 2.05) is 0 Å². The second-order valence-electron chi connectivity index (χ2n) is 4.83. The van der Waals surface area contributed by atoms with Crippen LogP contribution in [0.15, 0.2) is 29.2 Å². The van der Waals surface area contributed by atoms with Gasteiger partial charge in [0, 0.05) is 31.1 Å². The number of hydrogen-bond acceptors (Lipinski definition) is 5. The van der Waals surface area contributed by atoms with Gasteiger partial charge in [0.05, 0.1) is 12.0 Å². The standard InChI is InChI=1S/C13H18N2O4S2/c1-21(18,19)15-8-6-14(7-9-15)13(17)10-20-12-4-2-11(16)3-5-12/h2-5,16H,6-10H2,1H3. The summed E-state index contributed by atoms with van der Waals surface area (Å²) in [5, 5.41) is 9.19. The number of thioether (sulfide) groups is 1. The molecule has 21 heavy (non-hydrogen) atoms. The zero-order chi connectivity index (χ0) is 15.5. The number of nitrogens with zero attached hydrogens (tertiary/aromatic N) is 2. The molecule has 1 fully saturated rings. The fourth-order valence-electron chi connectivity index (χ4n) is 2.05. The Kier molecular flexibility index (Phi) is 5.13. The van der Waals surface area contributed by atoms with Crippen molar-refractivity contribution >= 4 is 27.7 Å². The van der Waals surface area contributed by atoms with E-state index >= 15 is 0 Å². The molecule has 2 rings (SSSR count). The third-order valence-corrected chi connectivity index (χ3v) is 5.56. The van der Waals surface area contributed by atoms with Crippen LogP contribution in [0.4, 0.5) is 0 Å². The second-order valence-corrected chi connectivity index (χ2v) is 7.86. The van der Waals surface area contributed by atoms with Crippen LogP contribution in [0.25, 0.3) is 0 Å². The van der Waals surface area contributed by atoms with E-state index in [2.05, 4.69) is 0 Å². The first-order valence-electron chi connectivity index (χ1n) is 6.51. The predicted octanol–water partition coefficient (Wildman–Crippen LogP) is 0.588. The molecule has 1 aromatic carbocycles. The maximum absolute atomic E-state index is 12.1. The van der Waals surface area contributed by atoms with E-state index in [-0.39, 0.29) is 11.7 Å². The van der Waals surface area contributed by atoms with Gasteiger partial charge in [0.2, 0.25) is 15.9 Å². The van der Waals surface area contributed by atoms with Crippen LogP contribution < -0.4 is 0 Å². The highest BCUT2D eigenvalue weighted by Crippen LogP contribution is 2.21. The maximum Gasteiger partial charge on any atom is 0.233 e. The van der Waals surface area contributed by atoms with Crippen LogP contribution >= 0.6 is 11.8 Å². The highest BCUT2D eigenvalue weighted by atomic mass is 32.2. The number of aromatic hydroxyl groups is 1. The van der Waals surface area contributed by atoms with Crippen molar-refractivity contribution < 1.29 is 18.3 Å². The van der Waals surface area contributed by atoms with Crippen molar-refractivity contribution in [2.45, 2.75) is 4.90 Å². The summed E-state index contributed by atoms with van der Waals surface area (Å²) in [7, 11) is -3.17. The zero-order valence-electron chi connectivity index (χ0n) is 11.7. The fraction of sp³-hybridized carbons (Fsp3) is 0.462. The molecule has 0 aliphatic carbocycles. The van der Waals surface area contributed by atoms with Gasteiger partial charge >= 0.3 is 0 Å². The summed E-state index contributed by atoms with van der Waals surface area (Å²) in [5.74, 6) is 0.507. The summed E-state index contributed by atoms with van der Waals surface area (Å²) >= 11 is 1.40. The van der Waals surface area contributed by atoms with E-state index in [0.717, 1.165) is 4.90 Å². The van der Waals surface area contributed by atoms with Crippen LogP contribution in [0, 0.1) is 0 Å². The maximum atomic E-state index is 12.1. The van der Waals surface area contributed by atoms with E-state index in [1.165, 1.54) is 22.3 Å². The third kappa shape index (κ3) is 4.62. The van der Waals surface area contributed by atoms with Gasteiger partial charge in [-0.3, -0.25) is 4.79 Å². The normalized spacial score (nSPS) is 16.9. The molecule has 1 heterocycles. The summed E-state index contributed by atoms with van der Waals surface area (Å²) in [5.41, 5.74) is 0. The van der Waals surface area contributed by atoms with Crippen molar-refractivity contribution in [2.75, 3.05) is 38.2 Å².